The van der Waals surface area contributed by atoms with E-state index >= 15 is 0 Å². The molecule has 7 nitrogen and oxygen atoms in total. The maximum absolute atomic E-state index is 12.8. The predicted octanol–water partition coefficient (Wildman–Crippen LogP) is 3.94. The summed E-state index contributed by atoms with van der Waals surface area (Å²) < 4.78 is 32.3. The van der Waals surface area contributed by atoms with Crippen LogP contribution in [0.1, 0.15) is 37.0 Å². The molecule has 9 heteroatoms. The Labute approximate surface area is 187 Å². The van der Waals surface area contributed by atoms with Crippen LogP contribution in [0, 0.1) is 5.92 Å². The maximum atomic E-state index is 12.8. The highest BCUT2D eigenvalue weighted by molar-refractivity contribution is 7.89. The lowest BCUT2D eigenvalue weighted by Crippen LogP contribution is -2.37. The average Bonchev–Trinajstić information content (AvgIpc) is 2.75. The summed E-state index contributed by atoms with van der Waals surface area (Å²) in [6.45, 7) is 4.56. The lowest BCUT2D eigenvalue weighted by atomic mass is 10.0. The minimum absolute atomic E-state index is 0.132. The van der Waals surface area contributed by atoms with E-state index in [4.69, 9.17) is 16.3 Å². The number of piperidine rings is 1. The molecule has 2 aromatic carbocycles. The molecule has 31 heavy (non-hydrogen) atoms. The van der Waals surface area contributed by atoms with E-state index in [-0.39, 0.29) is 10.5 Å². The smallest absolute Gasteiger partial charge is 0.338 e. The number of esters is 1. The summed E-state index contributed by atoms with van der Waals surface area (Å²) >= 11 is 5.81. The lowest BCUT2D eigenvalue weighted by molar-refractivity contribution is -0.123. The molecule has 2 aromatic rings. The maximum Gasteiger partial charge on any atom is 0.338 e. The van der Waals surface area contributed by atoms with E-state index < -0.39 is 28.0 Å². The van der Waals surface area contributed by atoms with E-state index in [1.165, 1.54) is 35.5 Å². The Hall–Kier alpha value is -2.42. The minimum atomic E-state index is -3.59. The van der Waals surface area contributed by atoms with Crippen molar-refractivity contribution >= 4 is 39.2 Å². The highest BCUT2D eigenvalue weighted by Gasteiger charge is 2.28. The lowest BCUT2D eigenvalue weighted by Gasteiger charge is -2.29. The van der Waals surface area contributed by atoms with Gasteiger partial charge in [0.25, 0.3) is 5.91 Å². The first-order chi connectivity index (χ1) is 14.7. The number of sulfonamides is 1. The molecule has 0 aromatic heterocycles. The zero-order valence-electron chi connectivity index (χ0n) is 17.4. The van der Waals surface area contributed by atoms with Crippen molar-refractivity contribution in [3.63, 3.8) is 0 Å². The van der Waals surface area contributed by atoms with Gasteiger partial charge in [-0.2, -0.15) is 4.31 Å². The van der Waals surface area contributed by atoms with Gasteiger partial charge in [-0.25, -0.2) is 13.2 Å². The van der Waals surface area contributed by atoms with Crippen molar-refractivity contribution in [3.05, 3.63) is 59.1 Å². The Morgan fingerprint density at radius 3 is 2.23 bits per heavy atom. The molecule has 1 atom stereocenters. The molecule has 1 amide bonds. The first-order valence-electron chi connectivity index (χ1n) is 10.0. The van der Waals surface area contributed by atoms with Crippen molar-refractivity contribution in [2.45, 2.75) is 37.7 Å². The number of benzene rings is 2. The first-order valence-corrected chi connectivity index (χ1v) is 11.9. The monoisotopic (exact) mass is 464 g/mol. The van der Waals surface area contributed by atoms with Crippen molar-refractivity contribution in [2.75, 3.05) is 18.4 Å². The number of anilines is 1. The van der Waals surface area contributed by atoms with Crippen LogP contribution in [-0.2, 0) is 19.6 Å². The van der Waals surface area contributed by atoms with Crippen LogP contribution in [0.4, 0.5) is 5.69 Å². The fraction of sp³-hybridized carbons (Fsp3) is 0.364. The van der Waals surface area contributed by atoms with E-state index in [1.807, 2.05) is 0 Å². The molecule has 1 N–H and O–H groups in total. The number of carbonyl (C=O) groups is 2. The second-order valence-corrected chi connectivity index (χ2v) is 10.0. The Morgan fingerprint density at radius 2 is 1.65 bits per heavy atom. The average molecular weight is 465 g/mol. The van der Waals surface area contributed by atoms with E-state index in [1.54, 1.807) is 24.3 Å². The second kappa shape index (κ2) is 9.80. The third-order valence-electron chi connectivity index (χ3n) is 5.24. The molecule has 3 rings (SSSR count). The number of amides is 1. The third-order valence-corrected chi connectivity index (χ3v) is 7.40. The number of carbonyl (C=O) groups excluding carboxylic acids is 2. The zero-order chi connectivity index (χ0) is 22.6. The summed E-state index contributed by atoms with van der Waals surface area (Å²) in [6, 6.07) is 12.1. The van der Waals surface area contributed by atoms with Gasteiger partial charge in [0.1, 0.15) is 0 Å². The van der Waals surface area contributed by atoms with E-state index in [2.05, 4.69) is 12.2 Å². The molecule has 1 saturated heterocycles. The van der Waals surface area contributed by atoms with Crippen LogP contribution in [-0.4, -0.2) is 43.8 Å². The topological polar surface area (TPSA) is 92.8 Å². The zero-order valence-corrected chi connectivity index (χ0v) is 18.9. The molecular formula is C22H25ClN2O5S. The SMILES string of the molecule is CC1CCN(S(=O)(=O)c2ccc(C(=O)OC(C)C(=O)Nc3ccc(Cl)cc3)cc2)CC1. The molecule has 0 radical (unpaired) electrons. The molecule has 1 fully saturated rings. The van der Waals surface area contributed by atoms with Gasteiger partial charge in [-0.3, -0.25) is 4.79 Å². The van der Waals surface area contributed by atoms with Gasteiger partial charge in [0.2, 0.25) is 10.0 Å². The third kappa shape index (κ3) is 5.84. The van der Waals surface area contributed by atoms with E-state index in [0.717, 1.165) is 12.8 Å². The van der Waals surface area contributed by atoms with Gasteiger partial charge in [0, 0.05) is 23.8 Å². The number of halogens is 1. The van der Waals surface area contributed by atoms with E-state index in [0.29, 0.717) is 29.7 Å². The molecular weight excluding hydrogens is 440 g/mol. The van der Waals surface area contributed by atoms with Crippen LogP contribution in [0.2, 0.25) is 5.02 Å². The Bertz CT molecular complexity index is 1030. The molecule has 1 aliphatic heterocycles. The van der Waals surface area contributed by atoms with Crippen molar-refractivity contribution in [1.82, 2.24) is 4.31 Å². The van der Waals surface area contributed by atoms with E-state index in [9.17, 15) is 18.0 Å². The molecule has 0 saturated carbocycles. The van der Waals surface area contributed by atoms with Crippen LogP contribution in [0.3, 0.4) is 0 Å². The minimum Gasteiger partial charge on any atom is -0.449 e. The van der Waals surface area contributed by atoms with Gasteiger partial charge in [-0.15, -0.1) is 0 Å². The number of ether oxygens (including phenoxy) is 1. The van der Waals surface area contributed by atoms with Gasteiger partial charge >= 0.3 is 5.97 Å². The van der Waals surface area contributed by atoms with Crippen molar-refractivity contribution in [1.29, 1.82) is 0 Å². The fourth-order valence-corrected chi connectivity index (χ4v) is 4.79. The summed E-state index contributed by atoms with van der Waals surface area (Å²) in [5, 5.41) is 3.17. The molecule has 0 spiro atoms. The number of rotatable bonds is 6. The van der Waals surface area contributed by atoms with Crippen LogP contribution < -0.4 is 5.32 Å². The van der Waals surface area contributed by atoms with Gasteiger partial charge < -0.3 is 10.1 Å². The fourth-order valence-electron chi connectivity index (χ4n) is 3.20. The molecule has 166 valence electrons. The van der Waals surface area contributed by atoms with Crippen LogP contribution >= 0.6 is 11.6 Å². The van der Waals surface area contributed by atoms with Crippen molar-refractivity contribution < 1.29 is 22.7 Å². The summed E-state index contributed by atoms with van der Waals surface area (Å²) in [5.41, 5.74) is 0.691. The summed E-state index contributed by atoms with van der Waals surface area (Å²) in [4.78, 5) is 24.7. The number of nitrogens with zero attached hydrogens (tertiary/aromatic N) is 1. The molecule has 0 bridgehead atoms. The molecule has 0 aliphatic carbocycles. The van der Waals surface area contributed by atoms with Crippen LogP contribution in [0.25, 0.3) is 0 Å². The Kier molecular flexibility index (Phi) is 7.35. The Balaban J connectivity index is 1.60. The predicted molar refractivity (Wildman–Crippen MR) is 119 cm³/mol. The van der Waals surface area contributed by atoms with Gasteiger partial charge in [0.05, 0.1) is 10.5 Å². The number of hydrogen-bond acceptors (Lipinski definition) is 5. The molecule has 1 unspecified atom stereocenters. The molecule has 1 heterocycles. The summed E-state index contributed by atoms with van der Waals surface area (Å²) in [6.07, 6.45) is 0.626. The number of hydrogen-bond donors (Lipinski definition) is 1. The van der Waals surface area contributed by atoms with Gasteiger partial charge in [-0.1, -0.05) is 18.5 Å². The standard InChI is InChI=1S/C22H25ClN2O5S/c1-15-11-13-25(14-12-15)31(28,29)20-9-3-17(4-10-20)22(27)30-16(2)21(26)24-19-7-5-18(23)6-8-19/h3-10,15-16H,11-14H2,1-2H3,(H,24,26). The number of nitrogens with one attached hydrogen (secondary N) is 1. The first kappa shape index (κ1) is 23.2. The summed E-state index contributed by atoms with van der Waals surface area (Å²) in [5.74, 6) is -0.689. The quantitative estimate of drug-likeness (QED) is 0.653. The highest BCUT2D eigenvalue weighted by Crippen LogP contribution is 2.24. The van der Waals surface area contributed by atoms with Crippen molar-refractivity contribution in [3.8, 4) is 0 Å². The Morgan fingerprint density at radius 1 is 1.06 bits per heavy atom. The normalized spacial score (nSPS) is 16.5. The van der Waals surface area contributed by atoms with Crippen molar-refractivity contribution in [2.24, 2.45) is 5.92 Å². The van der Waals surface area contributed by atoms with Crippen LogP contribution in [0.15, 0.2) is 53.4 Å². The van der Waals surface area contributed by atoms with Gasteiger partial charge in [0.15, 0.2) is 6.10 Å². The highest BCUT2D eigenvalue weighted by atomic mass is 35.5. The second-order valence-electron chi connectivity index (χ2n) is 7.65. The molecule has 1 aliphatic rings. The van der Waals surface area contributed by atoms with Crippen LogP contribution in [0.5, 0.6) is 0 Å². The van der Waals surface area contributed by atoms with Gasteiger partial charge in [-0.05, 0) is 74.2 Å². The largest absolute Gasteiger partial charge is 0.449 e. The summed E-state index contributed by atoms with van der Waals surface area (Å²) in [7, 11) is -3.59.